The predicted molar refractivity (Wildman–Crippen MR) is 72.4 cm³/mol. The summed E-state index contributed by atoms with van der Waals surface area (Å²) in [6.45, 7) is 0.0341. The Morgan fingerprint density at radius 3 is 2.80 bits per heavy atom. The number of nitrogens with zero attached hydrogens (tertiary/aromatic N) is 3. The van der Waals surface area contributed by atoms with Gasteiger partial charge in [0.05, 0.1) is 13.7 Å². The highest BCUT2D eigenvalue weighted by molar-refractivity contribution is 7.89. The second kappa shape index (κ2) is 5.47. The van der Waals surface area contributed by atoms with Gasteiger partial charge in [-0.05, 0) is 12.1 Å². The van der Waals surface area contributed by atoms with Gasteiger partial charge in [0.2, 0.25) is 10.0 Å². The molecule has 9 heteroatoms. The lowest BCUT2D eigenvalue weighted by Gasteiger charge is -2.11. The quantitative estimate of drug-likeness (QED) is 0.744. The number of nitrogens with two attached hydrogens (primary N) is 1. The van der Waals surface area contributed by atoms with E-state index >= 15 is 0 Å². The van der Waals surface area contributed by atoms with E-state index in [9.17, 15) is 8.42 Å². The molecule has 0 aliphatic heterocycles. The number of anilines is 1. The summed E-state index contributed by atoms with van der Waals surface area (Å²) in [5.74, 6) is 0.693. The number of nitrogen functional groups attached to an aromatic ring is 1. The van der Waals surface area contributed by atoms with E-state index in [0.717, 1.165) is 0 Å². The van der Waals surface area contributed by atoms with Crippen molar-refractivity contribution in [3.63, 3.8) is 0 Å². The van der Waals surface area contributed by atoms with Crippen LogP contribution in [0.2, 0.25) is 0 Å². The minimum atomic E-state index is -3.72. The van der Waals surface area contributed by atoms with Gasteiger partial charge in [-0.1, -0.05) is 0 Å². The molecule has 108 valence electrons. The van der Waals surface area contributed by atoms with Gasteiger partial charge in [-0.15, -0.1) is 10.2 Å². The zero-order valence-corrected chi connectivity index (χ0v) is 11.9. The molecule has 0 spiro atoms. The molecule has 2 aromatic rings. The second-order valence-corrected chi connectivity index (χ2v) is 5.83. The van der Waals surface area contributed by atoms with Crippen LogP contribution in [0.3, 0.4) is 0 Å². The lowest BCUT2D eigenvalue weighted by molar-refractivity contribution is 0.402. The zero-order chi connectivity index (χ0) is 14.8. The molecule has 0 saturated heterocycles. The van der Waals surface area contributed by atoms with Crippen LogP contribution < -0.4 is 15.2 Å². The van der Waals surface area contributed by atoms with E-state index in [0.29, 0.717) is 11.5 Å². The molecule has 1 heterocycles. The molecule has 0 saturated carbocycles. The Kier molecular flexibility index (Phi) is 3.91. The Hall–Kier alpha value is -2.13. The summed E-state index contributed by atoms with van der Waals surface area (Å²) in [5, 5.41) is 7.48. The molecular formula is C11H15N5O3S. The Bertz CT molecular complexity index is 711. The number of hydrogen-bond donors (Lipinski definition) is 2. The lowest BCUT2D eigenvalue weighted by atomic mass is 10.3. The standard InChI is InChI=1S/C11H15N5O3S/c1-16-7-13-15-11(16)6-14-20(17,18)10-4-3-8(12)5-9(10)19-2/h3-5,7,14H,6,12H2,1-2H3. The molecule has 0 aliphatic rings. The average Bonchev–Trinajstić information content (AvgIpc) is 2.81. The molecule has 0 fully saturated rings. The second-order valence-electron chi connectivity index (χ2n) is 4.09. The monoisotopic (exact) mass is 297 g/mol. The highest BCUT2D eigenvalue weighted by Crippen LogP contribution is 2.25. The molecule has 20 heavy (non-hydrogen) atoms. The van der Waals surface area contributed by atoms with E-state index in [1.54, 1.807) is 11.6 Å². The molecule has 1 aromatic carbocycles. The number of aromatic nitrogens is 3. The Morgan fingerprint density at radius 2 is 2.20 bits per heavy atom. The fourth-order valence-electron chi connectivity index (χ4n) is 1.61. The van der Waals surface area contributed by atoms with Crippen molar-refractivity contribution >= 4 is 15.7 Å². The molecule has 0 unspecified atom stereocenters. The fourth-order valence-corrected chi connectivity index (χ4v) is 2.74. The Balaban J connectivity index is 2.25. The SMILES string of the molecule is COc1cc(N)ccc1S(=O)(=O)NCc1nncn1C. The summed E-state index contributed by atoms with van der Waals surface area (Å²) in [7, 11) is -0.609. The summed E-state index contributed by atoms with van der Waals surface area (Å²) in [6, 6.07) is 4.35. The summed E-state index contributed by atoms with van der Waals surface area (Å²) in [4.78, 5) is 0.0244. The molecule has 0 bridgehead atoms. The third-order valence-electron chi connectivity index (χ3n) is 2.70. The molecule has 0 amide bonds. The predicted octanol–water partition coefficient (Wildman–Crippen LogP) is -0.116. The van der Waals surface area contributed by atoms with E-state index in [1.165, 1.54) is 31.6 Å². The molecule has 8 nitrogen and oxygen atoms in total. The van der Waals surface area contributed by atoms with Gasteiger partial charge in [-0.2, -0.15) is 0 Å². The van der Waals surface area contributed by atoms with Crippen LogP contribution in [0.1, 0.15) is 5.82 Å². The van der Waals surface area contributed by atoms with Crippen molar-refractivity contribution in [2.24, 2.45) is 7.05 Å². The number of methoxy groups -OCH3 is 1. The minimum absolute atomic E-state index is 0.0244. The van der Waals surface area contributed by atoms with Crippen molar-refractivity contribution in [2.75, 3.05) is 12.8 Å². The number of aryl methyl sites for hydroxylation is 1. The number of ether oxygens (including phenoxy) is 1. The van der Waals surface area contributed by atoms with Crippen molar-refractivity contribution in [3.05, 3.63) is 30.4 Å². The molecule has 3 N–H and O–H groups in total. The number of benzene rings is 1. The van der Waals surface area contributed by atoms with Crippen LogP contribution >= 0.6 is 0 Å². The maximum atomic E-state index is 12.2. The van der Waals surface area contributed by atoms with E-state index in [4.69, 9.17) is 10.5 Å². The number of rotatable bonds is 5. The molecule has 0 radical (unpaired) electrons. The zero-order valence-electron chi connectivity index (χ0n) is 11.1. The van der Waals surface area contributed by atoms with E-state index in [2.05, 4.69) is 14.9 Å². The first-order valence-corrected chi connectivity index (χ1v) is 7.18. The fraction of sp³-hybridized carbons (Fsp3) is 0.273. The molecule has 1 aromatic heterocycles. The van der Waals surface area contributed by atoms with Crippen LogP contribution in [-0.4, -0.2) is 30.3 Å². The van der Waals surface area contributed by atoms with Crippen LogP contribution in [0.4, 0.5) is 5.69 Å². The van der Waals surface area contributed by atoms with Crippen molar-refractivity contribution in [1.29, 1.82) is 0 Å². The van der Waals surface area contributed by atoms with Gasteiger partial charge >= 0.3 is 0 Å². The summed E-state index contributed by atoms with van der Waals surface area (Å²) >= 11 is 0. The molecule has 2 rings (SSSR count). The molecule has 0 aliphatic carbocycles. The Labute approximate surface area is 116 Å². The summed E-state index contributed by atoms with van der Waals surface area (Å²) < 4.78 is 33.6. The number of hydrogen-bond acceptors (Lipinski definition) is 6. The first kappa shape index (κ1) is 14.3. The van der Waals surface area contributed by atoms with Gasteiger partial charge in [0, 0.05) is 18.8 Å². The minimum Gasteiger partial charge on any atom is -0.495 e. The van der Waals surface area contributed by atoms with Crippen molar-refractivity contribution < 1.29 is 13.2 Å². The van der Waals surface area contributed by atoms with E-state index < -0.39 is 10.0 Å². The van der Waals surface area contributed by atoms with Gasteiger partial charge < -0.3 is 15.0 Å². The normalized spacial score (nSPS) is 11.5. The van der Waals surface area contributed by atoms with Crippen LogP contribution in [0.15, 0.2) is 29.4 Å². The van der Waals surface area contributed by atoms with Gasteiger partial charge in [-0.25, -0.2) is 13.1 Å². The van der Waals surface area contributed by atoms with Crippen LogP contribution in [0.5, 0.6) is 5.75 Å². The van der Waals surface area contributed by atoms with E-state index in [-0.39, 0.29) is 17.2 Å². The largest absolute Gasteiger partial charge is 0.495 e. The Morgan fingerprint density at radius 1 is 1.45 bits per heavy atom. The van der Waals surface area contributed by atoms with Crippen molar-refractivity contribution in [1.82, 2.24) is 19.5 Å². The van der Waals surface area contributed by atoms with E-state index in [1.807, 2.05) is 0 Å². The highest BCUT2D eigenvalue weighted by Gasteiger charge is 2.20. The maximum absolute atomic E-state index is 12.2. The summed E-state index contributed by atoms with van der Waals surface area (Å²) in [5.41, 5.74) is 6.03. The van der Waals surface area contributed by atoms with Gasteiger partial charge in [-0.3, -0.25) is 0 Å². The third-order valence-corrected chi connectivity index (χ3v) is 4.14. The molecular weight excluding hydrogens is 282 g/mol. The van der Waals surface area contributed by atoms with Crippen LogP contribution in [-0.2, 0) is 23.6 Å². The topological polar surface area (TPSA) is 112 Å². The van der Waals surface area contributed by atoms with Crippen molar-refractivity contribution in [2.45, 2.75) is 11.4 Å². The average molecular weight is 297 g/mol. The van der Waals surface area contributed by atoms with Gasteiger partial charge in [0.25, 0.3) is 0 Å². The smallest absolute Gasteiger partial charge is 0.244 e. The highest BCUT2D eigenvalue weighted by atomic mass is 32.2. The van der Waals surface area contributed by atoms with Gasteiger partial charge in [0.15, 0.2) is 0 Å². The third kappa shape index (κ3) is 2.89. The molecule has 0 atom stereocenters. The first-order chi connectivity index (χ1) is 9.44. The van der Waals surface area contributed by atoms with Crippen LogP contribution in [0.25, 0.3) is 0 Å². The van der Waals surface area contributed by atoms with Crippen LogP contribution in [0, 0.1) is 0 Å². The van der Waals surface area contributed by atoms with Gasteiger partial charge in [0.1, 0.15) is 22.8 Å². The first-order valence-electron chi connectivity index (χ1n) is 5.70. The number of nitrogens with one attached hydrogen (secondary N) is 1. The maximum Gasteiger partial charge on any atom is 0.244 e. The summed E-state index contributed by atoms with van der Waals surface area (Å²) in [6.07, 6.45) is 1.49. The van der Waals surface area contributed by atoms with Crippen molar-refractivity contribution in [3.8, 4) is 5.75 Å². The number of sulfonamides is 1. The lowest BCUT2D eigenvalue weighted by Crippen LogP contribution is -2.25.